The van der Waals surface area contributed by atoms with Crippen LogP contribution in [0.5, 0.6) is 0 Å². The monoisotopic (exact) mass is 250 g/mol. The molecule has 0 heterocycles. The number of allylic oxidation sites excluding steroid dienone is 6. The maximum absolute atomic E-state index is 7.57. The largest absolute Gasteiger partial charge is 0.397 e. The first-order chi connectivity index (χ1) is 8.51. The molecular formula is C17H30O. The standard InChI is InChI=1S/C15H24.C2H6O/c1-12(2)6-5-7-14(4)15-10-8-13(3)9-11-15;1-2-3/h6,8-10,14-15H,5,7,11H2,1-4H3;3H,2H2,1H3/t14-,15+;/m0./s1. The van der Waals surface area contributed by atoms with E-state index in [4.69, 9.17) is 5.11 Å². The van der Waals surface area contributed by atoms with Gasteiger partial charge in [0.1, 0.15) is 0 Å². The van der Waals surface area contributed by atoms with Crippen LogP contribution in [-0.2, 0) is 0 Å². The van der Waals surface area contributed by atoms with Crippen molar-refractivity contribution < 1.29 is 5.11 Å². The van der Waals surface area contributed by atoms with Gasteiger partial charge in [-0.05, 0) is 58.8 Å². The van der Waals surface area contributed by atoms with Crippen molar-refractivity contribution >= 4 is 0 Å². The third-order valence-electron chi connectivity index (χ3n) is 3.22. The Morgan fingerprint density at radius 1 is 1.50 bits per heavy atom. The van der Waals surface area contributed by atoms with Gasteiger partial charge >= 0.3 is 0 Å². The zero-order valence-electron chi connectivity index (χ0n) is 12.7. The van der Waals surface area contributed by atoms with Crippen molar-refractivity contribution in [3.8, 4) is 0 Å². The summed E-state index contributed by atoms with van der Waals surface area (Å²) in [6.07, 6.45) is 13.2. The summed E-state index contributed by atoms with van der Waals surface area (Å²) in [7, 11) is 0. The molecule has 0 saturated heterocycles. The van der Waals surface area contributed by atoms with Crippen molar-refractivity contribution in [2.75, 3.05) is 6.61 Å². The Balaban J connectivity index is 0.000000873. The van der Waals surface area contributed by atoms with Gasteiger partial charge < -0.3 is 5.11 Å². The number of hydrogen-bond donors (Lipinski definition) is 1. The van der Waals surface area contributed by atoms with Crippen LogP contribution in [0.15, 0.2) is 35.5 Å². The Morgan fingerprint density at radius 3 is 2.56 bits per heavy atom. The van der Waals surface area contributed by atoms with Crippen LogP contribution in [0.1, 0.15) is 53.9 Å². The van der Waals surface area contributed by atoms with E-state index in [1.807, 2.05) is 0 Å². The Bertz CT molecular complexity index is 293. The minimum atomic E-state index is 0.250. The van der Waals surface area contributed by atoms with Gasteiger partial charge in [0.05, 0.1) is 0 Å². The van der Waals surface area contributed by atoms with Crippen molar-refractivity contribution in [1.29, 1.82) is 0 Å². The van der Waals surface area contributed by atoms with Crippen molar-refractivity contribution in [3.63, 3.8) is 0 Å². The second-order valence-electron chi connectivity index (χ2n) is 5.36. The van der Waals surface area contributed by atoms with Crippen LogP contribution in [0.3, 0.4) is 0 Å². The normalized spacial score (nSPS) is 19.4. The lowest BCUT2D eigenvalue weighted by Crippen LogP contribution is -2.10. The molecule has 0 radical (unpaired) electrons. The Labute approximate surface area is 113 Å². The van der Waals surface area contributed by atoms with E-state index in [1.165, 1.54) is 30.4 Å². The van der Waals surface area contributed by atoms with Gasteiger partial charge in [0.2, 0.25) is 0 Å². The molecule has 0 saturated carbocycles. The van der Waals surface area contributed by atoms with E-state index < -0.39 is 0 Å². The molecule has 0 bridgehead atoms. The molecule has 0 aromatic carbocycles. The maximum Gasteiger partial charge on any atom is 0.0402 e. The molecule has 0 amide bonds. The summed E-state index contributed by atoms with van der Waals surface area (Å²) in [5.74, 6) is 1.57. The lowest BCUT2D eigenvalue weighted by Gasteiger charge is -2.21. The average Bonchev–Trinajstić information content (AvgIpc) is 2.30. The number of aliphatic hydroxyl groups excluding tert-OH is 1. The summed E-state index contributed by atoms with van der Waals surface area (Å²) in [5, 5.41) is 7.57. The molecular weight excluding hydrogens is 220 g/mol. The third-order valence-corrected chi connectivity index (χ3v) is 3.22. The maximum atomic E-state index is 7.57. The summed E-state index contributed by atoms with van der Waals surface area (Å²) in [4.78, 5) is 0. The van der Waals surface area contributed by atoms with Crippen LogP contribution in [0.25, 0.3) is 0 Å². The molecule has 0 aromatic rings. The van der Waals surface area contributed by atoms with Gasteiger partial charge in [0, 0.05) is 6.61 Å². The fourth-order valence-corrected chi connectivity index (χ4v) is 2.01. The van der Waals surface area contributed by atoms with Crippen LogP contribution in [-0.4, -0.2) is 11.7 Å². The Kier molecular flexibility index (Phi) is 9.67. The summed E-state index contributed by atoms with van der Waals surface area (Å²) < 4.78 is 0. The fraction of sp³-hybridized carbons (Fsp3) is 0.647. The molecule has 1 rings (SSSR count). The van der Waals surface area contributed by atoms with Crippen LogP contribution in [0.4, 0.5) is 0 Å². The first kappa shape index (κ1) is 17.2. The second-order valence-corrected chi connectivity index (χ2v) is 5.36. The number of aliphatic hydroxyl groups is 1. The van der Waals surface area contributed by atoms with E-state index in [1.54, 1.807) is 6.92 Å². The summed E-state index contributed by atoms with van der Waals surface area (Å²) in [5.41, 5.74) is 2.86. The van der Waals surface area contributed by atoms with E-state index in [0.717, 1.165) is 11.8 Å². The summed E-state index contributed by atoms with van der Waals surface area (Å²) >= 11 is 0. The molecule has 0 spiro atoms. The minimum absolute atomic E-state index is 0.250. The highest BCUT2D eigenvalue weighted by molar-refractivity contribution is 5.21. The zero-order valence-corrected chi connectivity index (χ0v) is 12.7. The first-order valence-corrected chi connectivity index (χ1v) is 7.10. The van der Waals surface area contributed by atoms with Crippen molar-refractivity contribution in [2.24, 2.45) is 11.8 Å². The number of hydrogen-bond acceptors (Lipinski definition) is 1. The molecule has 0 unspecified atom stereocenters. The highest BCUT2D eigenvalue weighted by atomic mass is 16.2. The highest BCUT2D eigenvalue weighted by Gasteiger charge is 2.14. The van der Waals surface area contributed by atoms with Crippen LogP contribution >= 0.6 is 0 Å². The molecule has 2 atom stereocenters. The SMILES string of the molecule is CC(C)=CCC[C@H](C)[C@@H]1C=CC(C)=CC1.CCO. The van der Waals surface area contributed by atoms with Crippen LogP contribution in [0, 0.1) is 11.8 Å². The molecule has 104 valence electrons. The van der Waals surface area contributed by atoms with Gasteiger partial charge in [-0.25, -0.2) is 0 Å². The van der Waals surface area contributed by atoms with Crippen molar-refractivity contribution in [1.82, 2.24) is 0 Å². The third kappa shape index (κ3) is 8.30. The summed E-state index contributed by atoms with van der Waals surface area (Å²) in [6, 6.07) is 0. The van der Waals surface area contributed by atoms with Crippen molar-refractivity contribution in [3.05, 3.63) is 35.5 Å². The van der Waals surface area contributed by atoms with E-state index in [0.29, 0.717) is 0 Å². The molecule has 1 aliphatic rings. The second kappa shape index (κ2) is 10.1. The molecule has 1 N–H and O–H groups in total. The average molecular weight is 250 g/mol. The van der Waals surface area contributed by atoms with Gasteiger partial charge in [-0.2, -0.15) is 0 Å². The molecule has 1 nitrogen and oxygen atoms in total. The lowest BCUT2D eigenvalue weighted by molar-refractivity contribution is 0.318. The van der Waals surface area contributed by atoms with E-state index in [2.05, 4.69) is 52.0 Å². The van der Waals surface area contributed by atoms with Gasteiger partial charge in [-0.3, -0.25) is 0 Å². The molecule has 0 fully saturated rings. The minimum Gasteiger partial charge on any atom is -0.397 e. The molecule has 1 heteroatoms. The van der Waals surface area contributed by atoms with E-state index in [9.17, 15) is 0 Å². The fourth-order valence-electron chi connectivity index (χ4n) is 2.01. The van der Waals surface area contributed by atoms with Crippen LogP contribution < -0.4 is 0 Å². The van der Waals surface area contributed by atoms with E-state index in [-0.39, 0.29) is 6.61 Å². The first-order valence-electron chi connectivity index (χ1n) is 7.10. The molecule has 0 aliphatic heterocycles. The highest BCUT2D eigenvalue weighted by Crippen LogP contribution is 2.26. The predicted octanol–water partition coefficient (Wildman–Crippen LogP) is 4.89. The van der Waals surface area contributed by atoms with Gasteiger partial charge in [-0.15, -0.1) is 0 Å². The van der Waals surface area contributed by atoms with Crippen molar-refractivity contribution in [2.45, 2.75) is 53.9 Å². The van der Waals surface area contributed by atoms with Gasteiger partial charge in [0.15, 0.2) is 0 Å². The predicted molar refractivity (Wildman–Crippen MR) is 81.6 cm³/mol. The smallest absolute Gasteiger partial charge is 0.0402 e. The Morgan fingerprint density at radius 2 is 2.11 bits per heavy atom. The molecule has 18 heavy (non-hydrogen) atoms. The van der Waals surface area contributed by atoms with Crippen LogP contribution in [0.2, 0.25) is 0 Å². The van der Waals surface area contributed by atoms with Gasteiger partial charge in [-0.1, -0.05) is 42.4 Å². The molecule has 0 aromatic heterocycles. The molecule has 1 aliphatic carbocycles. The van der Waals surface area contributed by atoms with E-state index >= 15 is 0 Å². The topological polar surface area (TPSA) is 20.2 Å². The lowest BCUT2D eigenvalue weighted by atomic mass is 9.84. The Hall–Kier alpha value is -0.820. The zero-order chi connectivity index (χ0) is 14.0. The quantitative estimate of drug-likeness (QED) is 0.704. The summed E-state index contributed by atoms with van der Waals surface area (Å²) in [6.45, 7) is 10.8. The number of rotatable bonds is 4. The van der Waals surface area contributed by atoms with Gasteiger partial charge in [0.25, 0.3) is 0 Å².